The van der Waals surface area contributed by atoms with Crippen molar-refractivity contribution in [2.45, 2.75) is 19.6 Å². The highest BCUT2D eigenvalue weighted by Gasteiger charge is 2.35. The van der Waals surface area contributed by atoms with Crippen LogP contribution in [0.2, 0.25) is 0 Å². The van der Waals surface area contributed by atoms with E-state index in [9.17, 15) is 0 Å². The van der Waals surface area contributed by atoms with E-state index in [0.29, 0.717) is 12.0 Å². The first-order chi connectivity index (χ1) is 8.70. The third-order valence-corrected chi connectivity index (χ3v) is 3.87. The van der Waals surface area contributed by atoms with E-state index in [4.69, 9.17) is 9.26 Å². The minimum Gasteiger partial charge on any atom is -0.375 e. The van der Waals surface area contributed by atoms with Crippen molar-refractivity contribution in [3.05, 3.63) is 17.5 Å². The van der Waals surface area contributed by atoms with Gasteiger partial charge in [-0.15, -0.1) is 0 Å². The molecule has 2 fully saturated rings. The van der Waals surface area contributed by atoms with Crippen LogP contribution in [-0.2, 0) is 11.3 Å². The number of hydrogen-bond acceptors (Lipinski definition) is 5. The number of hydrogen-bond donors (Lipinski definition) is 0. The van der Waals surface area contributed by atoms with E-state index >= 15 is 0 Å². The summed E-state index contributed by atoms with van der Waals surface area (Å²) in [4.78, 5) is 4.79. The van der Waals surface area contributed by atoms with Gasteiger partial charge in [-0.3, -0.25) is 4.90 Å². The van der Waals surface area contributed by atoms with Gasteiger partial charge in [0.2, 0.25) is 0 Å². The molecule has 5 nitrogen and oxygen atoms in total. The van der Waals surface area contributed by atoms with E-state index in [-0.39, 0.29) is 0 Å². The highest BCUT2D eigenvalue weighted by Crippen LogP contribution is 2.24. The molecule has 18 heavy (non-hydrogen) atoms. The molecule has 0 bridgehead atoms. The summed E-state index contributed by atoms with van der Waals surface area (Å²) >= 11 is 0. The van der Waals surface area contributed by atoms with Crippen molar-refractivity contribution in [3.63, 3.8) is 0 Å². The zero-order chi connectivity index (χ0) is 12.5. The predicted molar refractivity (Wildman–Crippen MR) is 67.2 cm³/mol. The summed E-state index contributed by atoms with van der Waals surface area (Å²) in [6, 6.07) is 2.02. The van der Waals surface area contributed by atoms with Crippen molar-refractivity contribution in [1.29, 1.82) is 0 Å². The Labute approximate surface area is 108 Å². The Hall–Kier alpha value is -0.910. The zero-order valence-corrected chi connectivity index (χ0v) is 11.1. The molecule has 2 saturated heterocycles. The monoisotopic (exact) mass is 251 g/mol. The standard InChI is InChI=1S/C13H21N3O2/c1-10-5-12(14-18-10)8-16-7-11-6-15(2)3-4-17-13(11)9-16/h5,11,13H,3-4,6-9H2,1-2H3/t11-,13+/m0/s1. The van der Waals surface area contributed by atoms with Crippen LogP contribution in [0.15, 0.2) is 10.6 Å². The fraction of sp³-hybridized carbons (Fsp3) is 0.769. The minimum absolute atomic E-state index is 0.392. The van der Waals surface area contributed by atoms with Gasteiger partial charge in [0.1, 0.15) is 5.76 Å². The summed E-state index contributed by atoms with van der Waals surface area (Å²) in [5.41, 5.74) is 1.03. The molecule has 0 radical (unpaired) electrons. The molecule has 0 unspecified atom stereocenters. The maximum Gasteiger partial charge on any atom is 0.133 e. The lowest BCUT2D eigenvalue weighted by Gasteiger charge is -2.18. The molecule has 1 aromatic rings. The second kappa shape index (κ2) is 4.99. The number of likely N-dealkylation sites (N-methyl/N-ethyl adjacent to an activating group) is 1. The topological polar surface area (TPSA) is 41.7 Å². The van der Waals surface area contributed by atoms with Gasteiger partial charge in [0, 0.05) is 44.7 Å². The van der Waals surface area contributed by atoms with Gasteiger partial charge in [-0.05, 0) is 14.0 Å². The lowest BCUT2D eigenvalue weighted by molar-refractivity contribution is 0.0513. The smallest absolute Gasteiger partial charge is 0.133 e. The molecule has 0 aliphatic carbocycles. The molecule has 2 atom stereocenters. The van der Waals surface area contributed by atoms with Crippen LogP contribution in [0.3, 0.4) is 0 Å². The Morgan fingerprint density at radius 3 is 3.06 bits per heavy atom. The van der Waals surface area contributed by atoms with Gasteiger partial charge < -0.3 is 14.2 Å². The zero-order valence-electron chi connectivity index (χ0n) is 11.1. The molecule has 1 aromatic heterocycles. The number of aryl methyl sites for hydroxylation is 1. The molecule has 5 heteroatoms. The van der Waals surface area contributed by atoms with Gasteiger partial charge in [-0.25, -0.2) is 0 Å². The average Bonchev–Trinajstić information content (AvgIpc) is 2.83. The Morgan fingerprint density at radius 2 is 2.28 bits per heavy atom. The molecule has 2 aliphatic heterocycles. The Bertz CT molecular complexity index is 407. The fourth-order valence-corrected chi connectivity index (χ4v) is 2.99. The van der Waals surface area contributed by atoms with Crippen molar-refractivity contribution < 1.29 is 9.26 Å². The summed E-state index contributed by atoms with van der Waals surface area (Å²) in [7, 11) is 2.18. The molecule has 100 valence electrons. The summed E-state index contributed by atoms with van der Waals surface area (Å²) in [6.45, 7) is 7.97. The summed E-state index contributed by atoms with van der Waals surface area (Å²) in [5, 5.41) is 4.06. The van der Waals surface area contributed by atoms with Gasteiger partial charge >= 0.3 is 0 Å². The van der Waals surface area contributed by atoms with Crippen LogP contribution in [-0.4, -0.2) is 60.9 Å². The highest BCUT2D eigenvalue weighted by molar-refractivity contribution is 5.04. The summed E-state index contributed by atoms with van der Waals surface area (Å²) in [5.74, 6) is 1.51. The molecule has 2 aliphatic rings. The second-order valence-electron chi connectivity index (χ2n) is 5.55. The Morgan fingerprint density at radius 1 is 1.39 bits per heavy atom. The number of fused-ring (bicyclic) bond motifs is 1. The van der Waals surface area contributed by atoms with Crippen molar-refractivity contribution in [3.8, 4) is 0 Å². The maximum absolute atomic E-state index is 5.94. The molecule has 0 saturated carbocycles. The minimum atomic E-state index is 0.392. The van der Waals surface area contributed by atoms with Crippen LogP contribution in [0, 0.1) is 12.8 Å². The summed E-state index contributed by atoms with van der Waals surface area (Å²) < 4.78 is 11.1. The quantitative estimate of drug-likeness (QED) is 0.775. The molecule has 3 rings (SSSR count). The third kappa shape index (κ3) is 2.58. The lowest BCUT2D eigenvalue weighted by Crippen LogP contribution is -2.29. The number of likely N-dealkylation sites (tertiary alicyclic amines) is 1. The Kier molecular flexibility index (Phi) is 3.37. The van der Waals surface area contributed by atoms with Gasteiger partial charge in [-0.1, -0.05) is 5.16 Å². The molecule has 0 amide bonds. The van der Waals surface area contributed by atoms with E-state index in [1.165, 1.54) is 0 Å². The maximum atomic E-state index is 5.94. The number of aromatic nitrogens is 1. The molecular formula is C13H21N3O2. The van der Waals surface area contributed by atoms with Crippen LogP contribution in [0.25, 0.3) is 0 Å². The van der Waals surface area contributed by atoms with Crippen molar-refractivity contribution in [1.82, 2.24) is 15.0 Å². The summed E-state index contributed by atoms with van der Waals surface area (Å²) in [6.07, 6.45) is 0.392. The Balaban J connectivity index is 1.60. The third-order valence-electron chi connectivity index (χ3n) is 3.87. The fourth-order valence-electron chi connectivity index (χ4n) is 2.99. The predicted octanol–water partition coefficient (Wildman–Crippen LogP) is 0.745. The van der Waals surface area contributed by atoms with Crippen LogP contribution < -0.4 is 0 Å². The first-order valence-electron chi connectivity index (χ1n) is 6.65. The van der Waals surface area contributed by atoms with E-state index in [2.05, 4.69) is 22.0 Å². The van der Waals surface area contributed by atoms with E-state index in [1.807, 2.05) is 13.0 Å². The number of ether oxygens (including phenoxy) is 1. The normalized spacial score (nSPS) is 30.3. The van der Waals surface area contributed by atoms with Gasteiger partial charge in [-0.2, -0.15) is 0 Å². The van der Waals surface area contributed by atoms with Gasteiger partial charge in [0.25, 0.3) is 0 Å². The van der Waals surface area contributed by atoms with E-state index in [1.54, 1.807) is 0 Å². The molecular weight excluding hydrogens is 230 g/mol. The van der Waals surface area contributed by atoms with Crippen molar-refractivity contribution in [2.75, 3.05) is 39.8 Å². The van der Waals surface area contributed by atoms with E-state index < -0.39 is 0 Å². The van der Waals surface area contributed by atoms with Gasteiger partial charge in [0.05, 0.1) is 18.4 Å². The van der Waals surface area contributed by atoms with Crippen LogP contribution in [0.5, 0.6) is 0 Å². The SMILES string of the molecule is Cc1cc(CN2C[C@@H]3CN(C)CCO[C@@H]3C2)no1. The van der Waals surface area contributed by atoms with Crippen LogP contribution in [0.4, 0.5) is 0 Å². The van der Waals surface area contributed by atoms with Crippen LogP contribution >= 0.6 is 0 Å². The first-order valence-corrected chi connectivity index (χ1v) is 6.65. The van der Waals surface area contributed by atoms with E-state index in [0.717, 1.165) is 50.8 Å². The average molecular weight is 251 g/mol. The molecule has 0 spiro atoms. The van der Waals surface area contributed by atoms with Gasteiger partial charge in [0.15, 0.2) is 0 Å². The molecule has 0 aromatic carbocycles. The molecule has 3 heterocycles. The highest BCUT2D eigenvalue weighted by atomic mass is 16.5. The lowest BCUT2D eigenvalue weighted by atomic mass is 10.1. The number of rotatable bonds is 2. The first kappa shape index (κ1) is 12.1. The van der Waals surface area contributed by atoms with Crippen molar-refractivity contribution in [2.24, 2.45) is 5.92 Å². The molecule has 0 N–H and O–H groups in total. The van der Waals surface area contributed by atoms with Crippen molar-refractivity contribution >= 4 is 0 Å². The second-order valence-corrected chi connectivity index (χ2v) is 5.55. The van der Waals surface area contributed by atoms with Crippen LogP contribution in [0.1, 0.15) is 11.5 Å². The largest absolute Gasteiger partial charge is 0.375 e. The number of nitrogens with zero attached hydrogens (tertiary/aromatic N) is 3.